The SMILES string of the molecule is CCC/C=C/C=C/C=C(\C)[C@@H]1OC[C@H](C)[C@H](OC)[C@H]1OC(=O)Cn1ccc(=O)cc1C. The first-order chi connectivity index (χ1) is 14.9. The number of ether oxygens (including phenoxy) is 3. The number of hydrogen-bond acceptors (Lipinski definition) is 5. The summed E-state index contributed by atoms with van der Waals surface area (Å²) in [6.07, 6.45) is 12.7. The van der Waals surface area contributed by atoms with Gasteiger partial charge in [-0.05, 0) is 25.8 Å². The van der Waals surface area contributed by atoms with Gasteiger partial charge in [0.05, 0.1) is 6.61 Å². The minimum Gasteiger partial charge on any atom is -0.455 e. The summed E-state index contributed by atoms with van der Waals surface area (Å²) < 4.78 is 19.3. The van der Waals surface area contributed by atoms with Crippen LogP contribution in [-0.4, -0.2) is 42.6 Å². The molecule has 0 spiro atoms. The molecule has 1 fully saturated rings. The zero-order valence-electron chi connectivity index (χ0n) is 19.2. The molecule has 1 aromatic heterocycles. The Labute approximate surface area is 185 Å². The van der Waals surface area contributed by atoms with E-state index >= 15 is 0 Å². The van der Waals surface area contributed by atoms with E-state index in [1.807, 2.05) is 38.2 Å². The molecule has 0 N–H and O–H groups in total. The van der Waals surface area contributed by atoms with Crippen LogP contribution in [0, 0.1) is 12.8 Å². The summed E-state index contributed by atoms with van der Waals surface area (Å²) in [5.74, 6) is -0.305. The fraction of sp³-hybridized carbons (Fsp3) is 0.520. The molecule has 1 saturated heterocycles. The topological polar surface area (TPSA) is 66.8 Å². The second-order valence-corrected chi connectivity index (χ2v) is 8.03. The molecule has 0 saturated carbocycles. The van der Waals surface area contributed by atoms with Crippen molar-refractivity contribution in [3.8, 4) is 0 Å². The van der Waals surface area contributed by atoms with Crippen LogP contribution in [0.3, 0.4) is 0 Å². The Bertz CT molecular complexity index is 867. The quantitative estimate of drug-likeness (QED) is 0.439. The number of pyridine rings is 1. The number of carbonyl (C=O) groups excluding carboxylic acids is 1. The number of methoxy groups -OCH3 is 1. The lowest BCUT2D eigenvalue weighted by molar-refractivity contribution is -0.192. The van der Waals surface area contributed by atoms with Gasteiger partial charge in [0.15, 0.2) is 11.5 Å². The van der Waals surface area contributed by atoms with Crippen molar-refractivity contribution in [2.75, 3.05) is 13.7 Å². The molecular formula is C25H35NO5. The van der Waals surface area contributed by atoms with E-state index in [0.29, 0.717) is 12.3 Å². The van der Waals surface area contributed by atoms with Crippen molar-refractivity contribution in [2.45, 2.75) is 65.4 Å². The fourth-order valence-corrected chi connectivity index (χ4v) is 3.66. The van der Waals surface area contributed by atoms with Crippen LogP contribution in [0.4, 0.5) is 0 Å². The molecule has 0 aromatic carbocycles. The molecular weight excluding hydrogens is 394 g/mol. The van der Waals surface area contributed by atoms with Crippen LogP contribution in [0.25, 0.3) is 0 Å². The molecule has 170 valence electrons. The lowest BCUT2D eigenvalue weighted by Gasteiger charge is -2.40. The summed E-state index contributed by atoms with van der Waals surface area (Å²) in [7, 11) is 1.63. The summed E-state index contributed by atoms with van der Waals surface area (Å²) >= 11 is 0. The van der Waals surface area contributed by atoms with Crippen molar-refractivity contribution in [3.63, 3.8) is 0 Å². The van der Waals surface area contributed by atoms with Gasteiger partial charge in [-0.3, -0.25) is 9.59 Å². The summed E-state index contributed by atoms with van der Waals surface area (Å²) in [6.45, 7) is 8.47. The van der Waals surface area contributed by atoms with Crippen molar-refractivity contribution in [1.29, 1.82) is 0 Å². The minimum absolute atomic E-state index is 0.0189. The predicted molar refractivity (Wildman–Crippen MR) is 122 cm³/mol. The van der Waals surface area contributed by atoms with E-state index < -0.39 is 12.1 Å². The van der Waals surface area contributed by atoms with E-state index in [1.165, 1.54) is 12.1 Å². The highest BCUT2D eigenvalue weighted by Gasteiger charge is 2.42. The number of aromatic nitrogens is 1. The number of esters is 1. The van der Waals surface area contributed by atoms with Gasteiger partial charge in [0.2, 0.25) is 0 Å². The molecule has 4 atom stereocenters. The summed E-state index contributed by atoms with van der Waals surface area (Å²) in [5.41, 5.74) is 1.58. The first-order valence-electron chi connectivity index (χ1n) is 10.9. The van der Waals surface area contributed by atoms with Crippen LogP contribution < -0.4 is 5.43 Å². The van der Waals surface area contributed by atoms with E-state index in [9.17, 15) is 9.59 Å². The first-order valence-corrected chi connectivity index (χ1v) is 10.9. The molecule has 0 amide bonds. The largest absolute Gasteiger partial charge is 0.455 e. The van der Waals surface area contributed by atoms with E-state index in [4.69, 9.17) is 14.2 Å². The van der Waals surface area contributed by atoms with Crippen LogP contribution in [0.5, 0.6) is 0 Å². The number of aryl methyl sites for hydroxylation is 1. The van der Waals surface area contributed by atoms with Crippen molar-refractivity contribution in [1.82, 2.24) is 4.57 Å². The predicted octanol–water partition coefficient (Wildman–Crippen LogP) is 3.98. The highest BCUT2D eigenvalue weighted by molar-refractivity contribution is 5.69. The molecule has 1 aromatic rings. The van der Waals surface area contributed by atoms with Gasteiger partial charge in [-0.15, -0.1) is 0 Å². The van der Waals surface area contributed by atoms with Crippen LogP contribution in [0.15, 0.2) is 59.1 Å². The summed E-state index contributed by atoms with van der Waals surface area (Å²) in [6, 6.07) is 2.93. The molecule has 1 aliphatic rings. The van der Waals surface area contributed by atoms with E-state index in [0.717, 1.165) is 18.4 Å². The molecule has 6 nitrogen and oxygen atoms in total. The average Bonchev–Trinajstić information content (AvgIpc) is 2.73. The Hall–Kier alpha value is -2.44. The zero-order chi connectivity index (χ0) is 22.8. The molecule has 0 bridgehead atoms. The van der Waals surface area contributed by atoms with E-state index in [1.54, 1.807) is 24.8 Å². The molecule has 2 rings (SSSR count). The summed E-state index contributed by atoms with van der Waals surface area (Å²) in [5, 5.41) is 0. The monoisotopic (exact) mass is 429 g/mol. The number of carbonyl (C=O) groups is 1. The zero-order valence-corrected chi connectivity index (χ0v) is 19.2. The van der Waals surface area contributed by atoms with Gasteiger partial charge in [-0.2, -0.15) is 0 Å². The number of nitrogens with zero attached hydrogens (tertiary/aromatic N) is 1. The minimum atomic E-state index is -0.554. The van der Waals surface area contributed by atoms with Gasteiger partial charge in [0, 0.05) is 37.1 Å². The molecule has 0 aliphatic carbocycles. The Kier molecular flexibility index (Phi) is 9.95. The average molecular weight is 430 g/mol. The number of hydrogen-bond donors (Lipinski definition) is 0. The van der Waals surface area contributed by atoms with Crippen molar-refractivity contribution < 1.29 is 19.0 Å². The smallest absolute Gasteiger partial charge is 0.326 e. The van der Waals surface area contributed by atoms with Crippen molar-refractivity contribution in [3.05, 3.63) is 70.2 Å². The Morgan fingerprint density at radius 1 is 1.29 bits per heavy atom. The Morgan fingerprint density at radius 3 is 2.74 bits per heavy atom. The van der Waals surface area contributed by atoms with E-state index in [2.05, 4.69) is 13.0 Å². The normalized spacial score (nSPS) is 24.7. The third kappa shape index (κ3) is 7.33. The fourth-order valence-electron chi connectivity index (χ4n) is 3.66. The third-order valence-electron chi connectivity index (χ3n) is 5.41. The molecule has 6 heteroatoms. The van der Waals surface area contributed by atoms with Crippen LogP contribution >= 0.6 is 0 Å². The lowest BCUT2D eigenvalue weighted by atomic mass is 9.90. The second-order valence-electron chi connectivity index (χ2n) is 8.03. The second kappa shape index (κ2) is 12.4. The molecule has 2 heterocycles. The van der Waals surface area contributed by atoms with Crippen molar-refractivity contribution >= 4 is 5.97 Å². The van der Waals surface area contributed by atoms with Gasteiger partial charge in [-0.1, -0.05) is 50.6 Å². The number of rotatable bonds is 9. The number of allylic oxidation sites excluding steroid dienone is 5. The molecule has 0 unspecified atom stereocenters. The highest BCUT2D eigenvalue weighted by Crippen LogP contribution is 2.29. The highest BCUT2D eigenvalue weighted by atomic mass is 16.6. The van der Waals surface area contributed by atoms with Crippen molar-refractivity contribution in [2.24, 2.45) is 5.92 Å². The lowest BCUT2D eigenvalue weighted by Crippen LogP contribution is -2.52. The molecule has 31 heavy (non-hydrogen) atoms. The number of unbranched alkanes of at least 4 members (excludes halogenated alkanes) is 1. The first kappa shape index (κ1) is 24.8. The van der Waals surface area contributed by atoms with Gasteiger partial charge < -0.3 is 18.8 Å². The van der Waals surface area contributed by atoms with Gasteiger partial charge in [-0.25, -0.2) is 0 Å². The maximum absolute atomic E-state index is 12.7. The van der Waals surface area contributed by atoms with E-state index in [-0.39, 0.29) is 30.1 Å². The third-order valence-corrected chi connectivity index (χ3v) is 5.41. The maximum atomic E-state index is 12.7. The molecule has 0 radical (unpaired) electrons. The van der Waals surface area contributed by atoms with Crippen LogP contribution in [0.1, 0.15) is 39.3 Å². The summed E-state index contributed by atoms with van der Waals surface area (Å²) in [4.78, 5) is 24.2. The van der Waals surface area contributed by atoms with Gasteiger partial charge in [0.1, 0.15) is 18.8 Å². The van der Waals surface area contributed by atoms with Crippen LogP contribution in [-0.2, 0) is 25.5 Å². The Balaban J connectivity index is 2.15. The Morgan fingerprint density at radius 2 is 2.06 bits per heavy atom. The van der Waals surface area contributed by atoms with Gasteiger partial charge >= 0.3 is 5.97 Å². The molecule has 1 aliphatic heterocycles. The van der Waals surface area contributed by atoms with Gasteiger partial charge in [0.25, 0.3) is 0 Å². The maximum Gasteiger partial charge on any atom is 0.326 e. The van der Waals surface area contributed by atoms with Crippen LogP contribution in [0.2, 0.25) is 0 Å². The standard InChI is InChI=1S/C25H35NO5/c1-6-7-8-9-10-11-12-18(2)24-25(23(29-5)19(3)17-30-24)31-22(28)16-26-14-13-21(27)15-20(26)4/h8-15,19,23-25H,6-7,16-17H2,1-5H3/b9-8+,11-10+,18-12+/t19-,23-,24-,25+/m0/s1.